The molecule has 1 amide bonds. The first kappa shape index (κ1) is 14.4. The number of hydrogen-bond donors (Lipinski definition) is 1. The number of nitrogens with zero attached hydrogens (tertiary/aromatic N) is 1. The summed E-state index contributed by atoms with van der Waals surface area (Å²) >= 11 is 0. The standard InChI is InChI=1S/C15H19NO4/c1-11-8-16(10-15(11,2)13(17)18)14(19)20-9-12-6-4-3-5-7-12/h3-7,11H,8-10H2,1-2H3,(H,17,18)/t11-,15+/m0/s1. The second-order valence-electron chi connectivity index (χ2n) is 5.54. The minimum Gasteiger partial charge on any atom is -0.481 e. The van der Waals surface area contributed by atoms with Crippen LogP contribution >= 0.6 is 0 Å². The fourth-order valence-corrected chi connectivity index (χ4v) is 2.38. The fraction of sp³-hybridized carbons (Fsp3) is 0.467. The van der Waals surface area contributed by atoms with Crippen LogP contribution in [0.1, 0.15) is 19.4 Å². The lowest BCUT2D eigenvalue weighted by atomic mass is 9.81. The van der Waals surface area contributed by atoms with E-state index in [1.54, 1.807) is 6.92 Å². The zero-order valence-corrected chi connectivity index (χ0v) is 11.7. The molecule has 0 spiro atoms. The molecule has 0 radical (unpaired) electrons. The number of carbonyl (C=O) groups excluding carboxylic acids is 1. The number of rotatable bonds is 3. The molecule has 1 N–H and O–H groups in total. The molecule has 20 heavy (non-hydrogen) atoms. The first-order valence-electron chi connectivity index (χ1n) is 6.62. The average molecular weight is 277 g/mol. The quantitative estimate of drug-likeness (QED) is 0.921. The summed E-state index contributed by atoms with van der Waals surface area (Å²) in [6.45, 7) is 4.32. The summed E-state index contributed by atoms with van der Waals surface area (Å²) in [7, 11) is 0. The Morgan fingerprint density at radius 1 is 1.40 bits per heavy atom. The predicted molar refractivity (Wildman–Crippen MR) is 73.1 cm³/mol. The monoisotopic (exact) mass is 277 g/mol. The van der Waals surface area contributed by atoms with E-state index in [0.29, 0.717) is 6.54 Å². The summed E-state index contributed by atoms with van der Waals surface area (Å²) < 4.78 is 5.23. The molecule has 1 heterocycles. The van der Waals surface area contributed by atoms with Gasteiger partial charge in [0.1, 0.15) is 6.61 Å². The highest BCUT2D eigenvalue weighted by atomic mass is 16.6. The number of benzene rings is 1. The molecule has 0 saturated carbocycles. The number of carboxylic acid groups (broad SMARTS) is 1. The van der Waals surface area contributed by atoms with Gasteiger partial charge in [-0.05, 0) is 18.4 Å². The smallest absolute Gasteiger partial charge is 0.410 e. The van der Waals surface area contributed by atoms with Gasteiger partial charge in [-0.2, -0.15) is 0 Å². The summed E-state index contributed by atoms with van der Waals surface area (Å²) in [5.41, 5.74) is 0.0141. The van der Waals surface area contributed by atoms with Gasteiger partial charge in [-0.15, -0.1) is 0 Å². The maximum Gasteiger partial charge on any atom is 0.410 e. The van der Waals surface area contributed by atoms with Crippen LogP contribution in [0.25, 0.3) is 0 Å². The Morgan fingerprint density at radius 2 is 2.05 bits per heavy atom. The summed E-state index contributed by atoms with van der Waals surface area (Å²) in [5, 5.41) is 9.27. The number of hydrogen-bond acceptors (Lipinski definition) is 3. The van der Waals surface area contributed by atoms with E-state index in [1.165, 1.54) is 4.90 Å². The van der Waals surface area contributed by atoms with Crippen LogP contribution in [0, 0.1) is 11.3 Å². The maximum absolute atomic E-state index is 12.0. The molecule has 1 aliphatic heterocycles. The van der Waals surface area contributed by atoms with Gasteiger partial charge in [0.05, 0.1) is 5.41 Å². The summed E-state index contributed by atoms with van der Waals surface area (Å²) in [4.78, 5) is 24.8. The number of carboxylic acids is 1. The zero-order valence-electron chi connectivity index (χ0n) is 11.7. The van der Waals surface area contributed by atoms with Crippen molar-refractivity contribution in [1.82, 2.24) is 4.90 Å². The Hall–Kier alpha value is -2.04. The lowest BCUT2D eigenvalue weighted by molar-refractivity contribution is -0.148. The third kappa shape index (κ3) is 2.76. The number of likely N-dealkylation sites (tertiary alicyclic amines) is 1. The molecule has 5 heteroatoms. The highest BCUT2D eigenvalue weighted by Gasteiger charge is 2.48. The van der Waals surface area contributed by atoms with E-state index in [0.717, 1.165) is 5.56 Å². The lowest BCUT2D eigenvalue weighted by Crippen LogP contribution is -2.36. The first-order valence-corrected chi connectivity index (χ1v) is 6.62. The number of aliphatic carboxylic acids is 1. The van der Waals surface area contributed by atoms with E-state index in [-0.39, 0.29) is 19.1 Å². The molecule has 1 aliphatic rings. The maximum atomic E-state index is 12.0. The molecular formula is C15H19NO4. The van der Waals surface area contributed by atoms with Crippen molar-refractivity contribution in [3.63, 3.8) is 0 Å². The largest absolute Gasteiger partial charge is 0.481 e. The van der Waals surface area contributed by atoms with Gasteiger partial charge in [-0.25, -0.2) is 4.79 Å². The van der Waals surface area contributed by atoms with Crippen LogP contribution in [0.5, 0.6) is 0 Å². The van der Waals surface area contributed by atoms with Crippen molar-refractivity contribution >= 4 is 12.1 Å². The summed E-state index contributed by atoms with van der Waals surface area (Å²) in [6, 6.07) is 9.40. The molecule has 0 aliphatic carbocycles. The van der Waals surface area contributed by atoms with Crippen LogP contribution in [-0.4, -0.2) is 35.2 Å². The summed E-state index contributed by atoms with van der Waals surface area (Å²) in [6.07, 6.45) is -0.453. The third-order valence-electron chi connectivity index (χ3n) is 4.05. The topological polar surface area (TPSA) is 66.8 Å². The van der Waals surface area contributed by atoms with Crippen molar-refractivity contribution in [3.05, 3.63) is 35.9 Å². The van der Waals surface area contributed by atoms with Gasteiger partial charge in [0, 0.05) is 13.1 Å². The Bertz CT molecular complexity index is 502. The van der Waals surface area contributed by atoms with Gasteiger partial charge in [0.2, 0.25) is 0 Å². The van der Waals surface area contributed by atoms with E-state index in [9.17, 15) is 14.7 Å². The molecule has 0 unspecified atom stereocenters. The van der Waals surface area contributed by atoms with E-state index in [4.69, 9.17) is 4.74 Å². The van der Waals surface area contributed by atoms with Crippen molar-refractivity contribution in [2.24, 2.45) is 11.3 Å². The van der Waals surface area contributed by atoms with Crippen LogP contribution in [0.3, 0.4) is 0 Å². The molecule has 0 bridgehead atoms. The fourth-order valence-electron chi connectivity index (χ4n) is 2.38. The third-order valence-corrected chi connectivity index (χ3v) is 4.05. The average Bonchev–Trinajstić information content (AvgIpc) is 2.75. The molecule has 1 aromatic carbocycles. The van der Waals surface area contributed by atoms with Crippen molar-refractivity contribution < 1.29 is 19.4 Å². The van der Waals surface area contributed by atoms with Crippen molar-refractivity contribution in [2.75, 3.05) is 13.1 Å². The molecule has 1 aromatic rings. The second kappa shape index (κ2) is 5.53. The van der Waals surface area contributed by atoms with E-state index >= 15 is 0 Å². The number of carbonyl (C=O) groups is 2. The lowest BCUT2D eigenvalue weighted by Gasteiger charge is -2.22. The van der Waals surface area contributed by atoms with Gasteiger partial charge in [-0.1, -0.05) is 37.3 Å². The highest BCUT2D eigenvalue weighted by Crippen LogP contribution is 2.35. The first-order chi connectivity index (χ1) is 9.43. The summed E-state index contributed by atoms with van der Waals surface area (Å²) in [5.74, 6) is -0.965. The van der Waals surface area contributed by atoms with E-state index < -0.39 is 17.5 Å². The van der Waals surface area contributed by atoms with Crippen LogP contribution in [0.2, 0.25) is 0 Å². The molecule has 1 saturated heterocycles. The van der Waals surface area contributed by atoms with Gasteiger partial charge in [-0.3, -0.25) is 4.79 Å². The SMILES string of the molecule is C[C@H]1CN(C(=O)OCc2ccccc2)C[C@@]1(C)C(=O)O. The minimum atomic E-state index is -0.897. The molecule has 1 fully saturated rings. The van der Waals surface area contributed by atoms with Crippen LogP contribution in [-0.2, 0) is 16.1 Å². The van der Waals surface area contributed by atoms with Crippen LogP contribution < -0.4 is 0 Å². The van der Waals surface area contributed by atoms with E-state index in [2.05, 4.69) is 0 Å². The van der Waals surface area contributed by atoms with E-state index in [1.807, 2.05) is 37.3 Å². The highest BCUT2D eigenvalue weighted by molar-refractivity contribution is 5.77. The molecule has 108 valence electrons. The predicted octanol–water partition coefficient (Wildman–Crippen LogP) is 2.37. The Kier molecular flexibility index (Phi) is 3.97. The number of amides is 1. The zero-order chi connectivity index (χ0) is 14.8. The Morgan fingerprint density at radius 3 is 2.60 bits per heavy atom. The molecule has 2 rings (SSSR count). The molecule has 5 nitrogen and oxygen atoms in total. The molecular weight excluding hydrogens is 258 g/mol. The Labute approximate surface area is 118 Å². The molecule has 0 aromatic heterocycles. The minimum absolute atomic E-state index is 0.0933. The van der Waals surface area contributed by atoms with Gasteiger partial charge >= 0.3 is 12.1 Å². The number of ether oxygens (including phenoxy) is 1. The van der Waals surface area contributed by atoms with Crippen LogP contribution in [0.4, 0.5) is 4.79 Å². The van der Waals surface area contributed by atoms with Gasteiger partial charge in [0.25, 0.3) is 0 Å². The van der Waals surface area contributed by atoms with Gasteiger partial charge < -0.3 is 14.7 Å². The normalized spacial score (nSPS) is 25.5. The van der Waals surface area contributed by atoms with Crippen molar-refractivity contribution in [2.45, 2.75) is 20.5 Å². The Balaban J connectivity index is 1.93. The van der Waals surface area contributed by atoms with Crippen molar-refractivity contribution in [1.29, 1.82) is 0 Å². The van der Waals surface area contributed by atoms with Gasteiger partial charge in [0.15, 0.2) is 0 Å². The molecule has 2 atom stereocenters. The van der Waals surface area contributed by atoms with Crippen molar-refractivity contribution in [3.8, 4) is 0 Å². The van der Waals surface area contributed by atoms with Crippen LogP contribution in [0.15, 0.2) is 30.3 Å². The second-order valence-corrected chi connectivity index (χ2v) is 5.54.